The predicted molar refractivity (Wildman–Crippen MR) is 64.2 cm³/mol. The van der Waals surface area contributed by atoms with Gasteiger partial charge in [0.2, 0.25) is 0 Å². The molecule has 0 amide bonds. The number of nitrogens with zero attached hydrogens (tertiary/aromatic N) is 1. The molecule has 0 saturated heterocycles. The first-order valence-corrected chi connectivity index (χ1v) is 5.32. The summed E-state index contributed by atoms with van der Waals surface area (Å²) in [7, 11) is 1.36. The zero-order valence-corrected chi connectivity index (χ0v) is 9.96. The Morgan fingerprint density at radius 1 is 1.32 bits per heavy atom. The van der Waals surface area contributed by atoms with E-state index in [1.165, 1.54) is 37.6 Å². The van der Waals surface area contributed by atoms with Crippen molar-refractivity contribution in [3.63, 3.8) is 0 Å². The number of para-hydroxylation sites is 1. The number of methoxy groups -OCH3 is 1. The molecule has 1 heterocycles. The number of hydrogen-bond acceptors (Lipinski definition) is 4. The van der Waals surface area contributed by atoms with Gasteiger partial charge in [-0.05, 0) is 24.3 Å². The van der Waals surface area contributed by atoms with Crippen LogP contribution in [-0.4, -0.2) is 23.2 Å². The number of benzene rings is 1. The Morgan fingerprint density at radius 2 is 2.11 bits per heavy atom. The van der Waals surface area contributed by atoms with Crippen LogP contribution in [0.4, 0.5) is 4.39 Å². The molecule has 1 aromatic carbocycles. The number of carbonyl (C=O) groups is 1. The topological polar surface area (TPSA) is 68.7 Å². The van der Waals surface area contributed by atoms with Crippen molar-refractivity contribution < 1.29 is 23.8 Å². The molecule has 0 atom stereocenters. The minimum Gasteiger partial charge on any atom is -0.493 e. The van der Waals surface area contributed by atoms with Crippen molar-refractivity contribution in [1.29, 1.82) is 0 Å². The van der Waals surface area contributed by atoms with Gasteiger partial charge in [0.1, 0.15) is 5.56 Å². The second kappa shape index (κ2) is 5.34. The second-order valence-corrected chi connectivity index (χ2v) is 3.53. The number of pyridine rings is 1. The monoisotopic (exact) mass is 263 g/mol. The third kappa shape index (κ3) is 2.62. The molecule has 0 aliphatic heterocycles. The summed E-state index contributed by atoms with van der Waals surface area (Å²) in [5.41, 5.74) is -0.135. The van der Waals surface area contributed by atoms with Gasteiger partial charge in [-0.15, -0.1) is 0 Å². The van der Waals surface area contributed by atoms with E-state index in [0.717, 1.165) is 6.07 Å². The van der Waals surface area contributed by atoms with E-state index in [4.69, 9.17) is 14.6 Å². The van der Waals surface area contributed by atoms with E-state index in [1.807, 2.05) is 0 Å². The number of hydrogen-bond donors (Lipinski definition) is 1. The Morgan fingerprint density at radius 3 is 2.74 bits per heavy atom. The number of aromatic carboxylic acids is 1. The Bertz CT molecular complexity index is 615. The molecule has 0 aliphatic rings. The van der Waals surface area contributed by atoms with Crippen LogP contribution in [0.25, 0.3) is 0 Å². The summed E-state index contributed by atoms with van der Waals surface area (Å²) < 4.78 is 23.7. The molecule has 1 aromatic heterocycles. The largest absolute Gasteiger partial charge is 0.493 e. The van der Waals surface area contributed by atoms with E-state index in [2.05, 4.69) is 4.98 Å². The summed E-state index contributed by atoms with van der Waals surface area (Å²) in [5.74, 6) is -2.11. The van der Waals surface area contributed by atoms with Crippen LogP contribution in [0.1, 0.15) is 10.4 Å². The highest BCUT2D eigenvalue weighted by atomic mass is 19.1. The van der Waals surface area contributed by atoms with Gasteiger partial charge in [0, 0.05) is 6.20 Å². The van der Waals surface area contributed by atoms with Crippen LogP contribution in [0.3, 0.4) is 0 Å². The number of ether oxygens (including phenoxy) is 2. The molecule has 0 aliphatic carbocycles. The lowest BCUT2D eigenvalue weighted by Crippen LogP contribution is -2.03. The maximum Gasteiger partial charge on any atom is 0.339 e. The van der Waals surface area contributed by atoms with Crippen LogP contribution in [-0.2, 0) is 0 Å². The third-order valence-electron chi connectivity index (χ3n) is 2.35. The maximum absolute atomic E-state index is 13.5. The molecule has 1 N–H and O–H groups in total. The Hall–Kier alpha value is -2.63. The quantitative estimate of drug-likeness (QED) is 0.918. The number of halogens is 1. The van der Waals surface area contributed by atoms with E-state index in [1.54, 1.807) is 0 Å². The van der Waals surface area contributed by atoms with Gasteiger partial charge in [0.25, 0.3) is 5.88 Å². The van der Waals surface area contributed by atoms with Crippen LogP contribution in [0, 0.1) is 5.82 Å². The highest BCUT2D eigenvalue weighted by Crippen LogP contribution is 2.35. The van der Waals surface area contributed by atoms with Crippen molar-refractivity contribution >= 4 is 5.97 Å². The highest BCUT2D eigenvalue weighted by molar-refractivity contribution is 5.92. The standard InChI is InChI=1S/C13H10FNO4/c1-18-10-6-2-4-8(13(16)17)11(10)19-12-9(14)5-3-7-15-12/h2-7H,1H3,(H,16,17). The van der Waals surface area contributed by atoms with Crippen molar-refractivity contribution in [3.8, 4) is 17.4 Å². The Labute approximate surface area is 108 Å². The lowest BCUT2D eigenvalue weighted by Gasteiger charge is -2.12. The zero-order valence-electron chi connectivity index (χ0n) is 9.96. The van der Waals surface area contributed by atoms with Gasteiger partial charge >= 0.3 is 5.97 Å². The predicted octanol–water partition coefficient (Wildman–Crippen LogP) is 2.72. The normalized spacial score (nSPS) is 10.0. The van der Waals surface area contributed by atoms with Crippen molar-refractivity contribution in [2.45, 2.75) is 0 Å². The molecule has 98 valence electrons. The fraction of sp³-hybridized carbons (Fsp3) is 0.0769. The van der Waals surface area contributed by atoms with Crippen molar-refractivity contribution in [2.75, 3.05) is 7.11 Å². The molecular weight excluding hydrogens is 253 g/mol. The third-order valence-corrected chi connectivity index (χ3v) is 2.35. The van der Waals surface area contributed by atoms with E-state index < -0.39 is 11.8 Å². The first kappa shape index (κ1) is 12.8. The van der Waals surface area contributed by atoms with E-state index >= 15 is 0 Å². The summed E-state index contributed by atoms with van der Waals surface area (Å²) in [6.07, 6.45) is 1.34. The molecule has 19 heavy (non-hydrogen) atoms. The Kier molecular flexibility index (Phi) is 3.61. The first-order valence-electron chi connectivity index (χ1n) is 5.32. The van der Waals surface area contributed by atoms with Gasteiger partial charge in [0.05, 0.1) is 7.11 Å². The molecule has 0 unspecified atom stereocenters. The molecule has 0 radical (unpaired) electrons. The van der Waals surface area contributed by atoms with Gasteiger partial charge in [-0.1, -0.05) is 6.07 Å². The molecule has 5 nitrogen and oxygen atoms in total. The van der Waals surface area contributed by atoms with Gasteiger partial charge in [0.15, 0.2) is 17.3 Å². The van der Waals surface area contributed by atoms with Crippen LogP contribution in [0.5, 0.6) is 17.4 Å². The average Bonchev–Trinajstić information content (AvgIpc) is 2.41. The minimum atomic E-state index is -1.20. The molecule has 2 aromatic rings. The van der Waals surface area contributed by atoms with E-state index in [9.17, 15) is 9.18 Å². The fourth-order valence-corrected chi connectivity index (χ4v) is 1.49. The SMILES string of the molecule is COc1cccc(C(=O)O)c1Oc1ncccc1F. The van der Waals surface area contributed by atoms with Crippen LogP contribution in [0.15, 0.2) is 36.5 Å². The van der Waals surface area contributed by atoms with Gasteiger partial charge in [-0.2, -0.15) is 0 Å². The molecule has 0 spiro atoms. The first-order chi connectivity index (χ1) is 9.13. The molecule has 0 bridgehead atoms. The lowest BCUT2D eigenvalue weighted by atomic mass is 10.2. The van der Waals surface area contributed by atoms with Gasteiger partial charge < -0.3 is 14.6 Å². The summed E-state index contributed by atoms with van der Waals surface area (Å²) in [6.45, 7) is 0. The highest BCUT2D eigenvalue weighted by Gasteiger charge is 2.18. The van der Waals surface area contributed by atoms with Crippen LogP contribution >= 0.6 is 0 Å². The lowest BCUT2D eigenvalue weighted by molar-refractivity contribution is 0.0693. The smallest absolute Gasteiger partial charge is 0.339 e. The zero-order chi connectivity index (χ0) is 13.8. The van der Waals surface area contributed by atoms with E-state index in [-0.39, 0.29) is 22.9 Å². The fourth-order valence-electron chi connectivity index (χ4n) is 1.49. The molecule has 0 saturated carbocycles. The van der Waals surface area contributed by atoms with Crippen molar-refractivity contribution in [3.05, 3.63) is 47.9 Å². The molecule has 2 rings (SSSR count). The number of carboxylic acid groups (broad SMARTS) is 1. The molecule has 0 fully saturated rings. The van der Waals surface area contributed by atoms with Gasteiger partial charge in [-0.3, -0.25) is 0 Å². The maximum atomic E-state index is 13.5. The molecular formula is C13H10FNO4. The summed E-state index contributed by atoms with van der Waals surface area (Å²) in [5, 5.41) is 9.08. The minimum absolute atomic E-state index is 0.0879. The number of aromatic nitrogens is 1. The second-order valence-electron chi connectivity index (χ2n) is 3.53. The van der Waals surface area contributed by atoms with Crippen molar-refractivity contribution in [1.82, 2.24) is 4.98 Å². The average molecular weight is 263 g/mol. The summed E-state index contributed by atoms with van der Waals surface area (Å²) in [6, 6.07) is 6.92. The molecule has 6 heteroatoms. The van der Waals surface area contributed by atoms with Crippen LogP contribution < -0.4 is 9.47 Å². The number of rotatable bonds is 4. The van der Waals surface area contributed by atoms with Crippen LogP contribution in [0.2, 0.25) is 0 Å². The van der Waals surface area contributed by atoms with Crippen molar-refractivity contribution in [2.24, 2.45) is 0 Å². The van der Waals surface area contributed by atoms with Gasteiger partial charge in [-0.25, -0.2) is 14.2 Å². The Balaban J connectivity index is 2.49. The number of carboxylic acids is 1. The van der Waals surface area contributed by atoms with E-state index in [0.29, 0.717) is 0 Å². The summed E-state index contributed by atoms with van der Waals surface area (Å²) in [4.78, 5) is 14.8. The summed E-state index contributed by atoms with van der Waals surface area (Å²) >= 11 is 0.